The Morgan fingerprint density at radius 1 is 1.33 bits per heavy atom. The maximum atomic E-state index is 12.3. The Kier molecular flexibility index (Phi) is 7.32. The van der Waals surface area contributed by atoms with Crippen LogP contribution in [0.4, 0.5) is 0 Å². The number of hydrogen-bond acceptors (Lipinski definition) is 4. The van der Waals surface area contributed by atoms with Gasteiger partial charge < -0.3 is 20.1 Å². The minimum atomic E-state index is -0.403. The van der Waals surface area contributed by atoms with E-state index in [9.17, 15) is 4.79 Å². The van der Waals surface area contributed by atoms with Crippen molar-refractivity contribution in [3.05, 3.63) is 34.9 Å². The summed E-state index contributed by atoms with van der Waals surface area (Å²) in [6.07, 6.45) is 1.34. The lowest BCUT2D eigenvalue weighted by Crippen LogP contribution is -2.51. The third-order valence-corrected chi connectivity index (χ3v) is 4.94. The fourth-order valence-corrected chi connectivity index (χ4v) is 3.44. The molecule has 2 aliphatic rings. The number of rotatable bonds is 4. The summed E-state index contributed by atoms with van der Waals surface area (Å²) in [5.41, 5.74) is 1.04. The molecule has 1 aromatic carbocycles. The molecule has 1 atom stereocenters. The minimum absolute atomic E-state index is 0. The van der Waals surface area contributed by atoms with Crippen LogP contribution in [0.1, 0.15) is 18.4 Å². The topological polar surface area (TPSA) is 59.6 Å². The summed E-state index contributed by atoms with van der Waals surface area (Å²) < 4.78 is 11.0. The molecule has 0 saturated carbocycles. The molecule has 2 heterocycles. The lowest BCUT2D eigenvalue weighted by atomic mass is 9.74. The average molecular weight is 375 g/mol. The zero-order valence-electron chi connectivity index (χ0n) is 13.6. The summed E-state index contributed by atoms with van der Waals surface area (Å²) in [6.45, 7) is 3.92. The second-order valence-electron chi connectivity index (χ2n) is 6.18. The maximum Gasteiger partial charge on any atom is 0.250 e. The van der Waals surface area contributed by atoms with Crippen molar-refractivity contribution < 1.29 is 14.3 Å². The van der Waals surface area contributed by atoms with E-state index in [1.165, 1.54) is 0 Å². The number of benzene rings is 1. The summed E-state index contributed by atoms with van der Waals surface area (Å²) in [7, 11) is 0. The van der Waals surface area contributed by atoms with E-state index in [-0.39, 0.29) is 23.7 Å². The van der Waals surface area contributed by atoms with Gasteiger partial charge in [0.15, 0.2) is 0 Å². The molecule has 2 N–H and O–H groups in total. The van der Waals surface area contributed by atoms with Crippen molar-refractivity contribution in [1.82, 2.24) is 10.6 Å². The van der Waals surface area contributed by atoms with E-state index in [4.69, 9.17) is 21.1 Å². The molecule has 2 fully saturated rings. The third kappa shape index (κ3) is 4.61. The van der Waals surface area contributed by atoms with Crippen LogP contribution >= 0.6 is 24.0 Å². The van der Waals surface area contributed by atoms with Crippen molar-refractivity contribution in [2.24, 2.45) is 0 Å². The molecular formula is C17H24Cl2N2O3. The van der Waals surface area contributed by atoms with E-state index in [2.05, 4.69) is 16.7 Å². The number of halogens is 2. The van der Waals surface area contributed by atoms with Gasteiger partial charge in [0.25, 0.3) is 0 Å². The lowest BCUT2D eigenvalue weighted by Gasteiger charge is -2.38. The van der Waals surface area contributed by atoms with Gasteiger partial charge in [-0.15, -0.1) is 12.4 Å². The number of hydrogen-bond donors (Lipinski definition) is 2. The number of carbonyl (C=O) groups excluding carboxylic acids is 1. The van der Waals surface area contributed by atoms with Crippen molar-refractivity contribution in [1.29, 1.82) is 0 Å². The van der Waals surface area contributed by atoms with Crippen LogP contribution in [0.15, 0.2) is 24.3 Å². The van der Waals surface area contributed by atoms with E-state index in [1.807, 2.05) is 18.2 Å². The van der Waals surface area contributed by atoms with E-state index < -0.39 is 6.10 Å². The maximum absolute atomic E-state index is 12.3. The molecule has 5 nitrogen and oxygen atoms in total. The van der Waals surface area contributed by atoms with Gasteiger partial charge in [-0.3, -0.25) is 4.79 Å². The Morgan fingerprint density at radius 3 is 2.79 bits per heavy atom. The SMILES string of the molecule is Cl.O=C(NCC1(c2cccc(Cl)c2)CCOCC1)C1CNCCO1. The van der Waals surface area contributed by atoms with E-state index in [0.717, 1.165) is 30.0 Å². The Hall–Kier alpha value is -0.850. The summed E-state index contributed by atoms with van der Waals surface area (Å²) in [5, 5.41) is 6.98. The predicted octanol–water partition coefficient (Wildman–Crippen LogP) is 1.91. The van der Waals surface area contributed by atoms with Crippen LogP contribution in [0.5, 0.6) is 0 Å². The molecule has 0 radical (unpaired) electrons. The lowest BCUT2D eigenvalue weighted by molar-refractivity contribution is -0.134. The van der Waals surface area contributed by atoms with E-state index >= 15 is 0 Å². The van der Waals surface area contributed by atoms with Crippen LogP contribution in [0.25, 0.3) is 0 Å². The minimum Gasteiger partial charge on any atom is -0.381 e. The predicted molar refractivity (Wildman–Crippen MR) is 96.1 cm³/mol. The molecule has 2 aliphatic heterocycles. The number of morpholine rings is 1. The highest BCUT2D eigenvalue weighted by atomic mass is 35.5. The van der Waals surface area contributed by atoms with Crippen LogP contribution in [0, 0.1) is 0 Å². The zero-order valence-corrected chi connectivity index (χ0v) is 15.1. The number of carbonyl (C=O) groups is 1. The van der Waals surface area contributed by atoms with Gasteiger partial charge in [-0.25, -0.2) is 0 Å². The van der Waals surface area contributed by atoms with Gasteiger partial charge in [0.05, 0.1) is 6.61 Å². The van der Waals surface area contributed by atoms with Crippen LogP contribution in [0.3, 0.4) is 0 Å². The highest BCUT2D eigenvalue weighted by molar-refractivity contribution is 6.30. The first-order valence-electron chi connectivity index (χ1n) is 8.13. The number of amides is 1. The molecule has 1 amide bonds. The largest absolute Gasteiger partial charge is 0.381 e. The fourth-order valence-electron chi connectivity index (χ4n) is 3.25. The van der Waals surface area contributed by atoms with Crippen molar-refractivity contribution in [3.8, 4) is 0 Å². The van der Waals surface area contributed by atoms with Gasteiger partial charge in [0.1, 0.15) is 6.10 Å². The second-order valence-corrected chi connectivity index (χ2v) is 6.62. The van der Waals surface area contributed by atoms with Gasteiger partial charge in [-0.2, -0.15) is 0 Å². The molecule has 0 aliphatic carbocycles. The molecule has 3 rings (SSSR count). The summed E-state index contributed by atoms with van der Waals surface area (Å²) in [5.74, 6) is -0.0508. The zero-order chi connectivity index (χ0) is 16.1. The quantitative estimate of drug-likeness (QED) is 0.844. The fraction of sp³-hybridized carbons (Fsp3) is 0.588. The molecule has 134 valence electrons. The van der Waals surface area contributed by atoms with E-state index in [1.54, 1.807) is 0 Å². The van der Waals surface area contributed by atoms with Crippen LogP contribution < -0.4 is 10.6 Å². The van der Waals surface area contributed by atoms with Gasteiger partial charge in [0.2, 0.25) is 5.91 Å². The average Bonchev–Trinajstić information content (AvgIpc) is 2.61. The first kappa shape index (κ1) is 19.5. The first-order valence-corrected chi connectivity index (χ1v) is 8.51. The molecule has 1 aromatic rings. The van der Waals surface area contributed by atoms with Crippen molar-refractivity contribution >= 4 is 29.9 Å². The van der Waals surface area contributed by atoms with Crippen LogP contribution in [-0.2, 0) is 19.7 Å². The van der Waals surface area contributed by atoms with Gasteiger partial charge >= 0.3 is 0 Å². The van der Waals surface area contributed by atoms with Crippen molar-refractivity contribution in [2.45, 2.75) is 24.4 Å². The standard InChI is InChI=1S/C17H23ClN2O3.ClH/c18-14-3-1-2-13(10-14)17(4-7-22-8-5-17)12-20-16(21)15-11-19-6-9-23-15;/h1-3,10,15,19H,4-9,11-12H2,(H,20,21);1H. The number of ether oxygens (including phenoxy) is 2. The molecule has 0 aromatic heterocycles. The monoisotopic (exact) mass is 374 g/mol. The molecule has 24 heavy (non-hydrogen) atoms. The summed E-state index contributed by atoms with van der Waals surface area (Å²) >= 11 is 6.16. The highest BCUT2D eigenvalue weighted by Gasteiger charge is 2.35. The van der Waals surface area contributed by atoms with Gasteiger partial charge in [-0.05, 0) is 30.5 Å². The summed E-state index contributed by atoms with van der Waals surface area (Å²) in [6, 6.07) is 7.92. The summed E-state index contributed by atoms with van der Waals surface area (Å²) in [4.78, 5) is 12.3. The van der Waals surface area contributed by atoms with Gasteiger partial charge in [0, 0.05) is 43.3 Å². The molecule has 1 unspecified atom stereocenters. The third-order valence-electron chi connectivity index (χ3n) is 4.71. The second kappa shape index (κ2) is 9.02. The Labute approximate surface area is 153 Å². The Morgan fingerprint density at radius 2 is 2.12 bits per heavy atom. The first-order chi connectivity index (χ1) is 11.2. The normalized spacial score (nSPS) is 23.1. The molecular weight excluding hydrogens is 351 g/mol. The highest BCUT2D eigenvalue weighted by Crippen LogP contribution is 2.35. The Bertz CT molecular complexity index is 544. The molecule has 0 bridgehead atoms. The van der Waals surface area contributed by atoms with E-state index in [0.29, 0.717) is 32.9 Å². The molecule has 0 spiro atoms. The number of nitrogens with one attached hydrogen (secondary N) is 2. The van der Waals surface area contributed by atoms with Crippen molar-refractivity contribution in [2.75, 3.05) is 39.5 Å². The van der Waals surface area contributed by atoms with Gasteiger partial charge in [-0.1, -0.05) is 23.7 Å². The van der Waals surface area contributed by atoms with Crippen LogP contribution in [0.2, 0.25) is 5.02 Å². The molecule has 7 heteroatoms. The Balaban J connectivity index is 0.00000208. The van der Waals surface area contributed by atoms with Crippen LogP contribution in [-0.4, -0.2) is 51.5 Å². The molecule has 2 saturated heterocycles. The van der Waals surface area contributed by atoms with Crippen molar-refractivity contribution in [3.63, 3.8) is 0 Å². The smallest absolute Gasteiger partial charge is 0.250 e.